The van der Waals surface area contributed by atoms with Crippen LogP contribution in [0.3, 0.4) is 0 Å². The summed E-state index contributed by atoms with van der Waals surface area (Å²) in [7, 11) is 0.178. The second kappa shape index (κ2) is 8.43. The zero-order valence-corrected chi connectivity index (χ0v) is 19.2. The van der Waals surface area contributed by atoms with Crippen LogP contribution in [0.2, 0.25) is 0 Å². The van der Waals surface area contributed by atoms with E-state index in [1.54, 1.807) is 17.0 Å². The number of ether oxygens (including phenoxy) is 1. The number of sulfonamides is 1. The minimum Gasteiger partial charge on any atom is -0.444 e. The Kier molecular flexibility index (Phi) is 6.29. The monoisotopic (exact) mass is 433 g/mol. The molecular formula is C22H31N3O4S. The normalized spacial score (nSPS) is 16.4. The van der Waals surface area contributed by atoms with Crippen LogP contribution in [0.25, 0.3) is 10.8 Å². The number of fused-ring (bicyclic) bond motifs is 1. The molecule has 0 atom stereocenters. The summed E-state index contributed by atoms with van der Waals surface area (Å²) in [5, 5.41) is 1.60. The highest BCUT2D eigenvalue weighted by Gasteiger charge is 2.31. The van der Waals surface area contributed by atoms with Crippen molar-refractivity contribution in [3.8, 4) is 0 Å². The summed E-state index contributed by atoms with van der Waals surface area (Å²) in [4.78, 5) is 16.3. The predicted octanol–water partition coefficient (Wildman–Crippen LogP) is 3.54. The van der Waals surface area contributed by atoms with Gasteiger partial charge in [0.1, 0.15) is 5.60 Å². The van der Waals surface area contributed by atoms with Gasteiger partial charge in [-0.1, -0.05) is 24.3 Å². The summed E-state index contributed by atoms with van der Waals surface area (Å²) >= 11 is 0. The van der Waals surface area contributed by atoms with Crippen molar-refractivity contribution in [2.24, 2.45) is 0 Å². The molecule has 1 aliphatic heterocycles. The summed E-state index contributed by atoms with van der Waals surface area (Å²) < 4.78 is 34.0. The van der Waals surface area contributed by atoms with Crippen molar-refractivity contribution >= 4 is 32.6 Å². The average molecular weight is 434 g/mol. The fourth-order valence-corrected chi connectivity index (χ4v) is 5.34. The minimum atomic E-state index is -3.70. The summed E-state index contributed by atoms with van der Waals surface area (Å²) in [6.07, 6.45) is 0.161. The zero-order chi connectivity index (χ0) is 22.1. The van der Waals surface area contributed by atoms with Crippen LogP contribution in [0.5, 0.6) is 0 Å². The maximum Gasteiger partial charge on any atom is 0.410 e. The highest BCUT2D eigenvalue weighted by Crippen LogP contribution is 2.32. The summed E-state index contributed by atoms with van der Waals surface area (Å²) in [6.45, 7) is 6.85. The lowest BCUT2D eigenvalue weighted by Crippen LogP contribution is -2.40. The third kappa shape index (κ3) is 4.70. The molecule has 0 aromatic heterocycles. The Morgan fingerprint density at radius 3 is 2.30 bits per heavy atom. The first-order chi connectivity index (χ1) is 14.0. The number of amides is 1. The third-order valence-corrected chi connectivity index (χ3v) is 7.02. The number of carbonyl (C=O) groups is 1. The molecule has 1 saturated heterocycles. The van der Waals surface area contributed by atoms with Crippen molar-refractivity contribution in [1.29, 1.82) is 0 Å². The van der Waals surface area contributed by atoms with Crippen molar-refractivity contribution in [2.75, 3.05) is 45.2 Å². The largest absolute Gasteiger partial charge is 0.444 e. The molecule has 0 bridgehead atoms. The SMILES string of the molecule is CN(C)c1cccc2c(S(=O)(=O)N3CCCN(C(=O)OC(C)(C)C)CC3)cccc12. The molecule has 1 aliphatic rings. The fraction of sp³-hybridized carbons (Fsp3) is 0.500. The molecule has 3 rings (SSSR count). The van der Waals surface area contributed by atoms with E-state index in [-0.39, 0.29) is 6.54 Å². The van der Waals surface area contributed by atoms with E-state index in [0.29, 0.717) is 36.3 Å². The second-order valence-electron chi connectivity index (χ2n) is 8.75. The van der Waals surface area contributed by atoms with Crippen LogP contribution >= 0.6 is 0 Å². The predicted molar refractivity (Wildman–Crippen MR) is 119 cm³/mol. The molecule has 0 aliphatic carbocycles. The molecule has 2 aromatic carbocycles. The van der Waals surface area contributed by atoms with Crippen molar-refractivity contribution in [1.82, 2.24) is 9.21 Å². The maximum atomic E-state index is 13.5. The lowest BCUT2D eigenvalue weighted by molar-refractivity contribution is 0.0260. The lowest BCUT2D eigenvalue weighted by atomic mass is 10.1. The Hall–Kier alpha value is -2.32. The molecule has 1 amide bonds. The summed E-state index contributed by atoms with van der Waals surface area (Å²) in [5.74, 6) is 0. The molecule has 0 saturated carbocycles. The van der Waals surface area contributed by atoms with Crippen molar-refractivity contribution in [2.45, 2.75) is 37.7 Å². The van der Waals surface area contributed by atoms with E-state index in [0.717, 1.165) is 11.1 Å². The molecule has 0 N–H and O–H groups in total. The van der Waals surface area contributed by atoms with Gasteiger partial charge >= 0.3 is 6.09 Å². The molecule has 1 heterocycles. The van der Waals surface area contributed by atoms with Gasteiger partial charge in [0.15, 0.2) is 0 Å². The van der Waals surface area contributed by atoms with Crippen LogP contribution in [0.1, 0.15) is 27.2 Å². The fourth-order valence-electron chi connectivity index (χ4n) is 3.66. The van der Waals surface area contributed by atoms with Crippen molar-refractivity contribution in [3.63, 3.8) is 0 Å². The molecule has 2 aromatic rings. The van der Waals surface area contributed by atoms with Gasteiger partial charge in [-0.15, -0.1) is 0 Å². The molecule has 7 nitrogen and oxygen atoms in total. The number of nitrogens with zero attached hydrogens (tertiary/aromatic N) is 3. The first kappa shape index (κ1) is 22.4. The lowest BCUT2D eigenvalue weighted by Gasteiger charge is -2.26. The van der Waals surface area contributed by atoms with Crippen LogP contribution in [-0.2, 0) is 14.8 Å². The van der Waals surface area contributed by atoms with E-state index in [4.69, 9.17) is 4.74 Å². The Morgan fingerprint density at radius 2 is 1.63 bits per heavy atom. The minimum absolute atomic E-state index is 0.241. The van der Waals surface area contributed by atoms with Gasteiger partial charge in [0, 0.05) is 56.7 Å². The first-order valence-corrected chi connectivity index (χ1v) is 11.6. The Balaban J connectivity index is 1.88. The molecule has 30 heavy (non-hydrogen) atoms. The second-order valence-corrected chi connectivity index (χ2v) is 10.7. The van der Waals surface area contributed by atoms with E-state index in [1.165, 1.54) is 4.31 Å². The van der Waals surface area contributed by atoms with Gasteiger partial charge in [-0.3, -0.25) is 0 Å². The van der Waals surface area contributed by atoms with Crippen LogP contribution in [0.4, 0.5) is 10.5 Å². The van der Waals surface area contributed by atoms with Gasteiger partial charge < -0.3 is 14.5 Å². The standard InChI is InChI=1S/C22H31N3O4S/c1-22(2,3)29-21(26)24-13-8-14-25(16-15-24)30(27,28)20-12-7-9-17-18(20)10-6-11-19(17)23(4)5/h6-7,9-12H,8,13-16H2,1-5H3. The Morgan fingerprint density at radius 1 is 0.967 bits per heavy atom. The molecule has 0 unspecified atom stereocenters. The number of anilines is 1. The molecular weight excluding hydrogens is 402 g/mol. The average Bonchev–Trinajstić information content (AvgIpc) is 2.92. The van der Waals surface area contributed by atoms with E-state index in [1.807, 2.05) is 64.0 Å². The van der Waals surface area contributed by atoms with Gasteiger partial charge in [0.25, 0.3) is 0 Å². The Labute approximate surface area is 179 Å². The quantitative estimate of drug-likeness (QED) is 0.741. The van der Waals surface area contributed by atoms with E-state index in [9.17, 15) is 13.2 Å². The van der Waals surface area contributed by atoms with Crippen molar-refractivity contribution in [3.05, 3.63) is 36.4 Å². The number of carbonyl (C=O) groups excluding carboxylic acids is 1. The first-order valence-electron chi connectivity index (χ1n) is 10.2. The molecule has 0 radical (unpaired) electrons. The van der Waals surface area contributed by atoms with Crippen LogP contribution in [-0.4, -0.2) is 69.6 Å². The van der Waals surface area contributed by atoms with Crippen LogP contribution < -0.4 is 4.90 Å². The molecule has 164 valence electrons. The number of hydrogen-bond donors (Lipinski definition) is 0. The molecule has 8 heteroatoms. The van der Waals surface area contributed by atoms with Gasteiger partial charge in [0.2, 0.25) is 10.0 Å². The highest BCUT2D eigenvalue weighted by atomic mass is 32.2. The highest BCUT2D eigenvalue weighted by molar-refractivity contribution is 7.89. The van der Waals surface area contributed by atoms with E-state index >= 15 is 0 Å². The topological polar surface area (TPSA) is 70.2 Å². The summed E-state index contributed by atoms with van der Waals surface area (Å²) in [5.41, 5.74) is 0.388. The summed E-state index contributed by atoms with van der Waals surface area (Å²) in [6, 6.07) is 11.1. The smallest absolute Gasteiger partial charge is 0.410 e. The Bertz CT molecular complexity index is 1030. The zero-order valence-electron chi connectivity index (χ0n) is 18.4. The third-order valence-electron chi connectivity index (χ3n) is 5.07. The van der Waals surface area contributed by atoms with Gasteiger partial charge in [-0.25, -0.2) is 13.2 Å². The number of rotatable bonds is 3. The van der Waals surface area contributed by atoms with Crippen LogP contribution in [0, 0.1) is 0 Å². The van der Waals surface area contributed by atoms with Crippen LogP contribution in [0.15, 0.2) is 41.3 Å². The molecule has 0 spiro atoms. The van der Waals surface area contributed by atoms with Gasteiger partial charge in [0.05, 0.1) is 4.90 Å². The van der Waals surface area contributed by atoms with Gasteiger partial charge in [-0.2, -0.15) is 4.31 Å². The van der Waals surface area contributed by atoms with E-state index < -0.39 is 21.7 Å². The van der Waals surface area contributed by atoms with E-state index in [2.05, 4.69) is 0 Å². The number of hydrogen-bond acceptors (Lipinski definition) is 5. The number of benzene rings is 2. The van der Waals surface area contributed by atoms with Crippen molar-refractivity contribution < 1.29 is 17.9 Å². The molecule has 1 fully saturated rings. The van der Waals surface area contributed by atoms with Gasteiger partial charge in [-0.05, 0) is 39.3 Å². The maximum absolute atomic E-state index is 13.5.